The number of nitrogens with zero attached hydrogens (tertiary/aromatic N) is 1. The summed E-state index contributed by atoms with van der Waals surface area (Å²) in [5, 5.41) is 9.45. The first kappa shape index (κ1) is 17.0. The minimum absolute atomic E-state index is 0.0109. The molecule has 0 saturated carbocycles. The fourth-order valence-corrected chi connectivity index (χ4v) is 7.67. The molecule has 3 nitrogen and oxygen atoms in total. The van der Waals surface area contributed by atoms with Gasteiger partial charge in [-0.05, 0) is 17.4 Å². The topological polar surface area (TPSA) is 43.1 Å². The van der Waals surface area contributed by atoms with Crippen molar-refractivity contribution >= 4 is 45.7 Å². The minimum atomic E-state index is -1.66. The zero-order valence-corrected chi connectivity index (χ0v) is 14.6. The van der Waals surface area contributed by atoms with Crippen LogP contribution in [-0.4, -0.2) is 16.2 Å². The highest BCUT2D eigenvalue weighted by Gasteiger charge is 2.28. The molecule has 106 valence electrons. The highest BCUT2D eigenvalue weighted by Crippen LogP contribution is 2.69. The van der Waals surface area contributed by atoms with E-state index >= 15 is 0 Å². The Morgan fingerprint density at radius 3 is 2.21 bits per heavy atom. The molecule has 0 unspecified atom stereocenters. The van der Waals surface area contributed by atoms with Crippen LogP contribution in [0.4, 0.5) is 5.69 Å². The van der Waals surface area contributed by atoms with E-state index in [2.05, 4.69) is 27.7 Å². The first-order valence-electron chi connectivity index (χ1n) is 5.91. The fraction of sp³-hybridized carbons (Fsp3) is 0.500. The maximum Gasteiger partial charge on any atom is 0.270 e. The van der Waals surface area contributed by atoms with Gasteiger partial charge in [0.25, 0.3) is 5.69 Å². The van der Waals surface area contributed by atoms with E-state index in [0.29, 0.717) is 16.3 Å². The average Bonchev–Trinajstić information content (AvgIpc) is 2.30. The predicted octanol–water partition coefficient (Wildman–Crippen LogP) is 5.55. The molecule has 1 aromatic carbocycles. The molecule has 0 spiro atoms. The van der Waals surface area contributed by atoms with Gasteiger partial charge in [-0.1, -0.05) is 62.5 Å². The number of hydrogen-bond donors (Lipinski definition) is 0. The molecular weight excluding hydrogens is 321 g/mol. The van der Waals surface area contributed by atoms with Gasteiger partial charge in [0.05, 0.1) is 9.95 Å². The molecule has 0 aliphatic carbocycles. The minimum Gasteiger partial charge on any atom is -0.258 e. The first-order valence-corrected chi connectivity index (χ1v) is 10.7. The van der Waals surface area contributed by atoms with E-state index in [4.69, 9.17) is 23.4 Å². The zero-order chi connectivity index (χ0) is 14.8. The van der Waals surface area contributed by atoms with Crippen molar-refractivity contribution in [2.45, 2.75) is 43.9 Å². The summed E-state index contributed by atoms with van der Waals surface area (Å²) >= 11 is 13.6. The number of nitro benzene ring substituents is 1. The van der Waals surface area contributed by atoms with Gasteiger partial charge >= 0.3 is 0 Å². The van der Waals surface area contributed by atoms with E-state index in [9.17, 15) is 10.1 Å². The van der Waals surface area contributed by atoms with Crippen molar-refractivity contribution in [2.24, 2.45) is 0 Å². The van der Waals surface area contributed by atoms with Gasteiger partial charge in [-0.2, -0.15) is 0 Å². The SMILES string of the molecule is CC(C)P(=S)(Sc1ccc([N+](=O)[O-])cc1Cl)C(C)C. The number of halogens is 1. The molecule has 0 aromatic heterocycles. The summed E-state index contributed by atoms with van der Waals surface area (Å²) in [5.74, 6) is 0. The van der Waals surface area contributed by atoms with Crippen LogP contribution in [0.3, 0.4) is 0 Å². The number of nitro groups is 1. The van der Waals surface area contributed by atoms with Crippen LogP contribution in [0.1, 0.15) is 27.7 Å². The summed E-state index contributed by atoms with van der Waals surface area (Å²) < 4.78 is 0. The lowest BCUT2D eigenvalue weighted by atomic mass is 10.3. The van der Waals surface area contributed by atoms with Gasteiger partial charge in [0, 0.05) is 22.3 Å². The van der Waals surface area contributed by atoms with Gasteiger partial charge in [0.1, 0.15) is 0 Å². The standard InChI is InChI=1S/C12H17ClNO2PS2/c1-8(2)17(18,9(3)4)19-12-6-5-10(14(15)16)7-11(12)13/h5-9H,1-4H3. The van der Waals surface area contributed by atoms with Crippen molar-refractivity contribution < 1.29 is 4.92 Å². The smallest absolute Gasteiger partial charge is 0.258 e. The average molecular weight is 338 g/mol. The van der Waals surface area contributed by atoms with E-state index in [-0.39, 0.29) is 5.69 Å². The Balaban J connectivity index is 3.12. The van der Waals surface area contributed by atoms with Crippen LogP contribution >= 0.6 is 28.2 Å². The molecule has 0 radical (unpaired) electrons. The molecule has 0 aliphatic heterocycles. The Labute approximate surface area is 128 Å². The van der Waals surface area contributed by atoms with Gasteiger partial charge in [-0.15, -0.1) is 0 Å². The van der Waals surface area contributed by atoms with Crippen molar-refractivity contribution in [1.29, 1.82) is 0 Å². The molecular formula is C12H17ClNO2PS2. The predicted molar refractivity (Wildman–Crippen MR) is 88.5 cm³/mol. The van der Waals surface area contributed by atoms with Crippen molar-refractivity contribution in [3.05, 3.63) is 33.3 Å². The Bertz CT molecular complexity index is 522. The lowest BCUT2D eigenvalue weighted by Crippen LogP contribution is -2.05. The molecule has 0 aliphatic rings. The second-order valence-electron chi connectivity index (χ2n) is 4.80. The van der Waals surface area contributed by atoms with Crippen LogP contribution in [0.2, 0.25) is 5.02 Å². The Hall–Kier alpha value is -0.0900. The molecule has 19 heavy (non-hydrogen) atoms. The van der Waals surface area contributed by atoms with E-state index in [1.165, 1.54) is 12.1 Å². The Morgan fingerprint density at radius 2 is 1.84 bits per heavy atom. The maximum atomic E-state index is 10.7. The molecule has 0 bridgehead atoms. The van der Waals surface area contributed by atoms with E-state index in [1.54, 1.807) is 17.4 Å². The molecule has 1 rings (SSSR count). The second-order valence-corrected chi connectivity index (χ2v) is 14.0. The molecule has 7 heteroatoms. The van der Waals surface area contributed by atoms with Crippen molar-refractivity contribution in [3.63, 3.8) is 0 Å². The Morgan fingerprint density at radius 1 is 1.32 bits per heavy atom. The number of benzene rings is 1. The van der Waals surface area contributed by atoms with Gasteiger partial charge in [0.2, 0.25) is 0 Å². The summed E-state index contributed by atoms with van der Waals surface area (Å²) in [6.45, 7) is 8.53. The number of non-ortho nitro benzene ring substituents is 1. The van der Waals surface area contributed by atoms with Crippen molar-refractivity contribution in [1.82, 2.24) is 0 Å². The van der Waals surface area contributed by atoms with E-state index in [0.717, 1.165) is 4.90 Å². The normalized spacial score (nSPS) is 12.2. The molecule has 0 heterocycles. The molecule has 0 atom stereocenters. The molecule has 0 fully saturated rings. The van der Waals surface area contributed by atoms with Gasteiger partial charge in [-0.3, -0.25) is 10.1 Å². The van der Waals surface area contributed by atoms with Gasteiger partial charge in [-0.25, -0.2) is 0 Å². The van der Waals surface area contributed by atoms with Crippen molar-refractivity contribution in [3.8, 4) is 0 Å². The number of hydrogen-bond acceptors (Lipinski definition) is 4. The third-order valence-electron chi connectivity index (χ3n) is 2.81. The third kappa shape index (κ3) is 3.94. The monoisotopic (exact) mass is 337 g/mol. The summed E-state index contributed by atoms with van der Waals surface area (Å²) in [7, 11) is 0. The Kier molecular flexibility index (Phi) is 5.87. The highest BCUT2D eigenvalue weighted by molar-refractivity contribution is 8.71. The summed E-state index contributed by atoms with van der Waals surface area (Å²) in [6.07, 6.45) is 0. The second kappa shape index (κ2) is 6.57. The zero-order valence-electron chi connectivity index (χ0n) is 11.3. The van der Waals surface area contributed by atoms with Crippen LogP contribution in [0.15, 0.2) is 23.1 Å². The van der Waals surface area contributed by atoms with Crippen LogP contribution in [0.25, 0.3) is 0 Å². The van der Waals surface area contributed by atoms with Crippen molar-refractivity contribution in [2.75, 3.05) is 0 Å². The molecule has 1 aromatic rings. The van der Waals surface area contributed by atoms with Gasteiger partial charge < -0.3 is 0 Å². The lowest BCUT2D eigenvalue weighted by Gasteiger charge is -2.29. The number of rotatable bonds is 5. The summed E-state index contributed by atoms with van der Waals surface area (Å²) in [4.78, 5) is 11.1. The molecule has 0 N–H and O–H groups in total. The summed E-state index contributed by atoms with van der Waals surface area (Å²) in [6, 6.07) is 4.58. The largest absolute Gasteiger partial charge is 0.270 e. The maximum absolute atomic E-state index is 10.7. The summed E-state index contributed by atoms with van der Waals surface area (Å²) in [5.41, 5.74) is 0.814. The van der Waals surface area contributed by atoms with Crippen LogP contribution in [-0.2, 0) is 11.8 Å². The van der Waals surface area contributed by atoms with E-state index < -0.39 is 10.2 Å². The van der Waals surface area contributed by atoms with Crippen LogP contribution in [0, 0.1) is 10.1 Å². The quantitative estimate of drug-likeness (QED) is 0.401. The molecule has 0 amide bonds. The highest BCUT2D eigenvalue weighted by atomic mass is 35.5. The third-order valence-corrected chi connectivity index (χ3v) is 14.1. The fourth-order valence-electron chi connectivity index (χ4n) is 1.64. The van der Waals surface area contributed by atoms with E-state index in [1.807, 2.05) is 0 Å². The van der Waals surface area contributed by atoms with Crippen LogP contribution < -0.4 is 0 Å². The van der Waals surface area contributed by atoms with Crippen LogP contribution in [0.5, 0.6) is 0 Å². The molecule has 0 saturated heterocycles. The van der Waals surface area contributed by atoms with Gasteiger partial charge in [0.15, 0.2) is 0 Å². The first-order chi connectivity index (χ1) is 8.68. The lowest BCUT2D eigenvalue weighted by molar-refractivity contribution is -0.384.